The number of carbonyl (C=O) groups excluding carboxylic acids is 1. The summed E-state index contributed by atoms with van der Waals surface area (Å²) in [6.45, 7) is 10.5. The molecule has 2 aliphatic heterocycles. The fourth-order valence-electron chi connectivity index (χ4n) is 4.37. The zero-order chi connectivity index (χ0) is 23.4. The molecule has 1 atom stereocenters. The quantitative estimate of drug-likeness (QED) is 0.649. The minimum Gasteiger partial charge on any atom is -0.444 e. The van der Waals surface area contributed by atoms with Crippen LogP contribution in [0.25, 0.3) is 11.1 Å². The van der Waals surface area contributed by atoms with E-state index in [2.05, 4.69) is 44.4 Å². The number of hydrogen-bond acceptors (Lipinski definition) is 6. The van der Waals surface area contributed by atoms with Crippen LogP contribution in [0.2, 0.25) is 5.15 Å². The van der Waals surface area contributed by atoms with E-state index in [1.807, 2.05) is 33.0 Å². The summed E-state index contributed by atoms with van der Waals surface area (Å²) in [5, 5.41) is 3.48. The van der Waals surface area contributed by atoms with Gasteiger partial charge in [-0.15, -0.1) is 0 Å². The van der Waals surface area contributed by atoms with Gasteiger partial charge >= 0.3 is 6.09 Å². The number of alkyl carbamates (subject to hydrolysis) is 1. The monoisotopic (exact) mass is 472 g/mol. The number of carbonyl (C=O) groups is 1. The van der Waals surface area contributed by atoms with E-state index >= 15 is 0 Å². The first-order valence-electron chi connectivity index (χ1n) is 11.6. The first kappa shape index (κ1) is 23.6. The van der Waals surface area contributed by atoms with Crippen LogP contribution in [0.4, 0.5) is 16.2 Å². The minimum atomic E-state index is -0.516. The van der Waals surface area contributed by atoms with Crippen LogP contribution in [0, 0.1) is 0 Å². The highest BCUT2D eigenvalue weighted by Crippen LogP contribution is 2.34. The Kier molecular flexibility index (Phi) is 7.29. The summed E-state index contributed by atoms with van der Waals surface area (Å²) in [4.78, 5) is 21.3. The van der Waals surface area contributed by atoms with E-state index in [1.54, 1.807) is 0 Å². The lowest BCUT2D eigenvalue weighted by atomic mass is 10.0. The summed E-state index contributed by atoms with van der Waals surface area (Å²) in [5.41, 5.74) is 3.84. The first-order valence-corrected chi connectivity index (χ1v) is 12.0. The van der Waals surface area contributed by atoms with E-state index < -0.39 is 5.60 Å². The van der Waals surface area contributed by atoms with Crippen LogP contribution in [0.5, 0.6) is 0 Å². The second-order valence-electron chi connectivity index (χ2n) is 9.60. The molecule has 33 heavy (non-hydrogen) atoms. The van der Waals surface area contributed by atoms with Gasteiger partial charge in [-0.25, -0.2) is 9.78 Å². The average molecular weight is 473 g/mol. The first-order chi connectivity index (χ1) is 15.8. The Morgan fingerprint density at radius 3 is 2.58 bits per heavy atom. The number of amides is 1. The number of aromatic nitrogens is 1. The molecule has 0 radical (unpaired) electrons. The molecule has 2 aliphatic rings. The van der Waals surface area contributed by atoms with E-state index in [4.69, 9.17) is 21.1 Å². The Labute approximate surface area is 201 Å². The standard InChI is InChI=1S/C25H33ClN4O3/c1-25(2,3)33-24(31)28-19-5-4-10-30(17-19)22-15-23(26)27-16-21(22)18-6-8-20(9-7-18)29-11-13-32-14-12-29/h6-9,15-16,19H,4-5,10-14,17H2,1-3H3,(H,28,31)/t19-/m0/s1. The minimum absolute atomic E-state index is 0.0112. The molecular formula is C25H33ClN4O3. The fraction of sp³-hybridized carbons (Fsp3) is 0.520. The lowest BCUT2D eigenvalue weighted by Crippen LogP contribution is -2.49. The Morgan fingerprint density at radius 2 is 1.88 bits per heavy atom. The number of ether oxygens (including phenoxy) is 2. The van der Waals surface area contributed by atoms with Gasteiger partial charge in [0.2, 0.25) is 0 Å². The van der Waals surface area contributed by atoms with E-state index in [0.29, 0.717) is 11.7 Å². The molecule has 0 bridgehead atoms. The second-order valence-corrected chi connectivity index (χ2v) is 9.99. The van der Waals surface area contributed by atoms with Gasteiger partial charge in [-0.2, -0.15) is 0 Å². The van der Waals surface area contributed by atoms with Crippen molar-refractivity contribution >= 4 is 29.1 Å². The van der Waals surface area contributed by atoms with Crippen LogP contribution < -0.4 is 15.1 Å². The van der Waals surface area contributed by atoms with Crippen LogP contribution in [0.15, 0.2) is 36.5 Å². The fourth-order valence-corrected chi connectivity index (χ4v) is 4.52. The van der Waals surface area contributed by atoms with Gasteiger partial charge in [0.15, 0.2) is 0 Å². The number of nitrogens with zero attached hydrogens (tertiary/aromatic N) is 3. The highest BCUT2D eigenvalue weighted by Gasteiger charge is 2.26. The van der Waals surface area contributed by atoms with Gasteiger partial charge in [0.25, 0.3) is 0 Å². The van der Waals surface area contributed by atoms with Gasteiger partial charge in [-0.1, -0.05) is 23.7 Å². The van der Waals surface area contributed by atoms with Crippen molar-refractivity contribution < 1.29 is 14.3 Å². The highest BCUT2D eigenvalue weighted by atomic mass is 35.5. The molecule has 2 aromatic rings. The zero-order valence-electron chi connectivity index (χ0n) is 19.6. The van der Waals surface area contributed by atoms with Crippen LogP contribution in [-0.2, 0) is 9.47 Å². The summed E-state index contributed by atoms with van der Waals surface area (Å²) in [7, 11) is 0. The number of nitrogens with one attached hydrogen (secondary N) is 1. The molecule has 7 nitrogen and oxygen atoms in total. The molecule has 2 saturated heterocycles. The molecule has 0 saturated carbocycles. The molecule has 1 aromatic heterocycles. The van der Waals surface area contributed by atoms with Crippen molar-refractivity contribution in [3.8, 4) is 11.1 Å². The van der Waals surface area contributed by atoms with E-state index in [1.165, 1.54) is 5.69 Å². The van der Waals surface area contributed by atoms with Crippen molar-refractivity contribution in [3.63, 3.8) is 0 Å². The predicted octanol–water partition coefficient (Wildman–Crippen LogP) is 4.73. The lowest BCUT2D eigenvalue weighted by Gasteiger charge is -2.36. The number of benzene rings is 1. The molecule has 2 fully saturated rings. The van der Waals surface area contributed by atoms with Crippen LogP contribution in [-0.4, -0.2) is 62.1 Å². The van der Waals surface area contributed by atoms with E-state index in [-0.39, 0.29) is 12.1 Å². The maximum absolute atomic E-state index is 12.3. The topological polar surface area (TPSA) is 66.9 Å². The number of rotatable bonds is 4. The predicted molar refractivity (Wildman–Crippen MR) is 132 cm³/mol. The summed E-state index contributed by atoms with van der Waals surface area (Å²) in [6, 6.07) is 10.5. The van der Waals surface area contributed by atoms with Gasteiger partial charge < -0.3 is 24.6 Å². The molecule has 1 N–H and O–H groups in total. The van der Waals surface area contributed by atoms with Crippen LogP contribution in [0.3, 0.4) is 0 Å². The number of anilines is 2. The third-order valence-electron chi connectivity index (χ3n) is 5.89. The molecular weight excluding hydrogens is 440 g/mol. The molecule has 0 aliphatic carbocycles. The second kappa shape index (κ2) is 10.2. The van der Waals surface area contributed by atoms with Crippen molar-refractivity contribution in [2.45, 2.75) is 45.3 Å². The molecule has 0 spiro atoms. The number of halogens is 1. The summed E-state index contributed by atoms with van der Waals surface area (Å²) >= 11 is 6.30. The zero-order valence-corrected chi connectivity index (χ0v) is 20.4. The van der Waals surface area contributed by atoms with Crippen molar-refractivity contribution in [2.24, 2.45) is 0 Å². The maximum atomic E-state index is 12.3. The molecule has 1 aromatic carbocycles. The highest BCUT2D eigenvalue weighted by molar-refractivity contribution is 6.29. The van der Waals surface area contributed by atoms with Crippen molar-refractivity contribution in [3.05, 3.63) is 41.7 Å². The normalized spacial score (nSPS) is 19.3. The summed E-state index contributed by atoms with van der Waals surface area (Å²) < 4.78 is 10.9. The van der Waals surface area contributed by atoms with Crippen molar-refractivity contribution in [2.75, 3.05) is 49.2 Å². The number of hydrogen-bond donors (Lipinski definition) is 1. The number of pyridine rings is 1. The van der Waals surface area contributed by atoms with Crippen molar-refractivity contribution in [1.29, 1.82) is 0 Å². The van der Waals surface area contributed by atoms with Gasteiger partial charge in [0.1, 0.15) is 10.8 Å². The third-order valence-corrected chi connectivity index (χ3v) is 6.09. The average Bonchev–Trinajstić information content (AvgIpc) is 2.79. The Balaban J connectivity index is 1.51. The Bertz CT molecular complexity index is 955. The van der Waals surface area contributed by atoms with Crippen molar-refractivity contribution in [1.82, 2.24) is 10.3 Å². The third kappa shape index (κ3) is 6.30. The molecule has 0 unspecified atom stereocenters. The number of morpholine rings is 1. The molecule has 3 heterocycles. The Hall–Kier alpha value is -2.51. The van der Waals surface area contributed by atoms with Gasteiger partial charge in [-0.3, -0.25) is 0 Å². The van der Waals surface area contributed by atoms with E-state index in [9.17, 15) is 4.79 Å². The van der Waals surface area contributed by atoms with Crippen LogP contribution in [0.1, 0.15) is 33.6 Å². The number of piperidine rings is 1. The van der Waals surface area contributed by atoms with Gasteiger partial charge in [-0.05, 0) is 57.4 Å². The summed E-state index contributed by atoms with van der Waals surface area (Å²) in [5.74, 6) is 0. The largest absolute Gasteiger partial charge is 0.444 e. The maximum Gasteiger partial charge on any atom is 0.407 e. The van der Waals surface area contributed by atoms with E-state index in [0.717, 1.165) is 62.5 Å². The molecule has 4 rings (SSSR count). The van der Waals surface area contributed by atoms with Crippen LogP contribution >= 0.6 is 11.6 Å². The smallest absolute Gasteiger partial charge is 0.407 e. The van der Waals surface area contributed by atoms with Gasteiger partial charge in [0, 0.05) is 55.4 Å². The molecule has 178 valence electrons. The summed E-state index contributed by atoms with van der Waals surface area (Å²) in [6.07, 6.45) is 3.35. The Morgan fingerprint density at radius 1 is 1.15 bits per heavy atom. The molecule has 8 heteroatoms. The lowest BCUT2D eigenvalue weighted by molar-refractivity contribution is 0.0500. The SMILES string of the molecule is CC(C)(C)OC(=O)N[C@H]1CCCN(c2cc(Cl)ncc2-c2ccc(N3CCOCC3)cc2)C1. The van der Waals surface area contributed by atoms with Gasteiger partial charge in [0.05, 0.1) is 13.2 Å². The molecule has 1 amide bonds.